The number of nitrogens with one attached hydrogen (secondary N) is 2. The molecule has 0 atom stereocenters. The maximum Gasteiger partial charge on any atom is 0.255 e. The highest BCUT2D eigenvalue weighted by atomic mass is 16.3. The minimum atomic E-state index is -0.246. The monoisotopic (exact) mass is 463 g/mol. The van der Waals surface area contributed by atoms with Gasteiger partial charge in [-0.3, -0.25) is 9.59 Å². The van der Waals surface area contributed by atoms with Crippen molar-refractivity contribution in [1.82, 2.24) is 4.98 Å². The molecule has 0 aliphatic heterocycles. The zero-order chi connectivity index (χ0) is 24.4. The molecule has 0 radical (unpaired) electrons. The van der Waals surface area contributed by atoms with E-state index in [-0.39, 0.29) is 11.8 Å². The number of nitrogens with two attached hydrogens (primary N) is 2. The van der Waals surface area contributed by atoms with E-state index in [1.165, 1.54) is 0 Å². The number of hydrogen-bond acceptors (Lipinski definition) is 6. The van der Waals surface area contributed by atoms with Crippen LogP contribution in [0.1, 0.15) is 20.7 Å². The van der Waals surface area contributed by atoms with Crippen molar-refractivity contribution in [2.45, 2.75) is 0 Å². The first kappa shape index (κ1) is 21.7. The number of carbonyl (C=O) groups excluding carboxylic acids is 2. The van der Waals surface area contributed by atoms with Crippen molar-refractivity contribution < 1.29 is 14.0 Å². The fraction of sp³-hybridized carbons (Fsp3) is 0. The lowest BCUT2D eigenvalue weighted by Crippen LogP contribution is -2.11. The molecular weight excluding hydrogens is 442 g/mol. The zero-order valence-corrected chi connectivity index (χ0v) is 18.5. The van der Waals surface area contributed by atoms with Crippen LogP contribution in [-0.2, 0) is 0 Å². The molecule has 0 saturated carbocycles. The molecule has 8 heteroatoms. The molecule has 2 amide bonds. The van der Waals surface area contributed by atoms with E-state index >= 15 is 0 Å². The lowest BCUT2D eigenvalue weighted by Gasteiger charge is -2.06. The third-order valence-corrected chi connectivity index (χ3v) is 5.38. The topological polar surface area (TPSA) is 136 Å². The highest BCUT2D eigenvalue weighted by molar-refractivity contribution is 6.05. The predicted octanol–water partition coefficient (Wildman–Crippen LogP) is 5.16. The third kappa shape index (κ3) is 4.81. The molecular formula is C27H21N5O3. The summed E-state index contributed by atoms with van der Waals surface area (Å²) >= 11 is 0. The molecule has 5 rings (SSSR count). The lowest BCUT2D eigenvalue weighted by atomic mass is 10.1. The normalized spacial score (nSPS) is 10.7. The van der Waals surface area contributed by atoms with Gasteiger partial charge in [0.15, 0.2) is 5.58 Å². The first-order chi connectivity index (χ1) is 16.9. The van der Waals surface area contributed by atoms with E-state index < -0.39 is 0 Å². The van der Waals surface area contributed by atoms with Crippen LogP contribution < -0.4 is 22.1 Å². The number of hydrogen-bond donors (Lipinski definition) is 4. The van der Waals surface area contributed by atoms with Crippen molar-refractivity contribution in [1.29, 1.82) is 0 Å². The second-order valence-electron chi connectivity index (χ2n) is 7.93. The standard InChI is InChI=1S/C27H21N5O3/c28-19-7-1-16(2-8-19)25(33)30-21-11-5-18(6-12-21)27-32-23-15-22(13-14-24(23)35-27)31-26(34)17-3-9-20(29)10-4-17/h1-15H,28-29H2,(H,30,33)(H,31,34). The number of oxazole rings is 1. The number of carbonyl (C=O) groups is 2. The number of benzene rings is 4. The highest BCUT2D eigenvalue weighted by Gasteiger charge is 2.12. The molecule has 6 N–H and O–H groups in total. The molecule has 172 valence electrons. The number of rotatable bonds is 5. The largest absolute Gasteiger partial charge is 0.436 e. The molecule has 0 spiro atoms. The number of nitrogen functional groups attached to an aromatic ring is 2. The van der Waals surface area contributed by atoms with Gasteiger partial charge in [-0.2, -0.15) is 0 Å². The van der Waals surface area contributed by atoms with E-state index in [1.54, 1.807) is 78.9 Å². The van der Waals surface area contributed by atoms with Crippen LogP contribution in [-0.4, -0.2) is 16.8 Å². The van der Waals surface area contributed by atoms with Crippen LogP contribution in [0.15, 0.2) is 95.4 Å². The Morgan fingerprint density at radius 3 is 1.74 bits per heavy atom. The lowest BCUT2D eigenvalue weighted by molar-refractivity contribution is 0.101. The summed E-state index contributed by atoms with van der Waals surface area (Å²) < 4.78 is 5.88. The van der Waals surface area contributed by atoms with Crippen molar-refractivity contribution >= 4 is 45.7 Å². The Morgan fingerprint density at radius 2 is 1.17 bits per heavy atom. The Balaban J connectivity index is 1.30. The van der Waals surface area contributed by atoms with Crippen LogP contribution in [0.4, 0.5) is 22.7 Å². The molecule has 0 aliphatic carbocycles. The van der Waals surface area contributed by atoms with E-state index in [0.717, 1.165) is 5.56 Å². The second-order valence-corrected chi connectivity index (χ2v) is 7.93. The average molecular weight is 463 g/mol. The quantitative estimate of drug-likeness (QED) is 0.266. The maximum atomic E-state index is 12.5. The van der Waals surface area contributed by atoms with E-state index in [0.29, 0.717) is 50.9 Å². The van der Waals surface area contributed by atoms with Gasteiger partial charge in [-0.05, 0) is 91.0 Å². The first-order valence-electron chi connectivity index (χ1n) is 10.8. The van der Waals surface area contributed by atoms with Crippen molar-refractivity contribution in [2.24, 2.45) is 0 Å². The predicted molar refractivity (Wildman–Crippen MR) is 137 cm³/mol. The summed E-state index contributed by atoms with van der Waals surface area (Å²) in [6.07, 6.45) is 0. The Bertz CT molecular complexity index is 1520. The third-order valence-electron chi connectivity index (χ3n) is 5.38. The first-order valence-corrected chi connectivity index (χ1v) is 10.8. The maximum absolute atomic E-state index is 12.5. The Morgan fingerprint density at radius 1 is 0.657 bits per heavy atom. The van der Waals surface area contributed by atoms with Crippen molar-refractivity contribution in [3.8, 4) is 11.5 Å². The van der Waals surface area contributed by atoms with Crippen LogP contribution >= 0.6 is 0 Å². The van der Waals surface area contributed by atoms with Gasteiger partial charge in [0.1, 0.15) is 5.52 Å². The fourth-order valence-corrected chi connectivity index (χ4v) is 3.50. The minimum Gasteiger partial charge on any atom is -0.436 e. The highest BCUT2D eigenvalue weighted by Crippen LogP contribution is 2.27. The molecule has 1 heterocycles. The van der Waals surface area contributed by atoms with Gasteiger partial charge in [-0.25, -0.2) is 4.98 Å². The van der Waals surface area contributed by atoms with Crippen LogP contribution in [0.2, 0.25) is 0 Å². The number of aromatic nitrogens is 1. The van der Waals surface area contributed by atoms with Crippen molar-refractivity contribution in [3.63, 3.8) is 0 Å². The summed E-state index contributed by atoms with van der Waals surface area (Å²) in [4.78, 5) is 29.4. The van der Waals surface area contributed by atoms with Crippen LogP contribution in [0.5, 0.6) is 0 Å². The fourth-order valence-electron chi connectivity index (χ4n) is 3.50. The van der Waals surface area contributed by atoms with Crippen LogP contribution in [0.3, 0.4) is 0 Å². The number of amides is 2. The summed E-state index contributed by atoms with van der Waals surface area (Å²) in [5.41, 5.74) is 16.7. The molecule has 0 saturated heterocycles. The second kappa shape index (κ2) is 9.03. The Hall–Kier alpha value is -5.11. The molecule has 4 aromatic carbocycles. The SMILES string of the molecule is Nc1ccc(C(=O)Nc2ccc(-c3nc4cc(NC(=O)c5ccc(N)cc5)ccc4o3)cc2)cc1. The van der Waals surface area contributed by atoms with Crippen molar-refractivity contribution in [3.05, 3.63) is 102 Å². The zero-order valence-electron chi connectivity index (χ0n) is 18.5. The van der Waals surface area contributed by atoms with E-state index in [2.05, 4.69) is 15.6 Å². The van der Waals surface area contributed by atoms with Gasteiger partial charge in [0.05, 0.1) is 0 Å². The van der Waals surface area contributed by atoms with Crippen LogP contribution in [0, 0.1) is 0 Å². The molecule has 0 unspecified atom stereocenters. The summed E-state index contributed by atoms with van der Waals surface area (Å²) in [6, 6.07) is 25.8. The molecule has 5 aromatic rings. The average Bonchev–Trinajstić information content (AvgIpc) is 3.29. The number of nitrogens with zero attached hydrogens (tertiary/aromatic N) is 1. The Labute approximate surface area is 200 Å². The van der Waals surface area contributed by atoms with E-state index in [9.17, 15) is 9.59 Å². The molecule has 1 aromatic heterocycles. The molecule has 8 nitrogen and oxygen atoms in total. The summed E-state index contributed by atoms with van der Waals surface area (Å²) in [5, 5.41) is 5.70. The van der Waals surface area contributed by atoms with E-state index in [4.69, 9.17) is 15.9 Å². The van der Waals surface area contributed by atoms with Gasteiger partial charge in [0.2, 0.25) is 5.89 Å². The van der Waals surface area contributed by atoms with Gasteiger partial charge in [0.25, 0.3) is 11.8 Å². The summed E-state index contributed by atoms with van der Waals surface area (Å²) in [6.45, 7) is 0. The van der Waals surface area contributed by atoms with Crippen molar-refractivity contribution in [2.75, 3.05) is 22.1 Å². The van der Waals surface area contributed by atoms with Gasteiger partial charge in [-0.1, -0.05) is 0 Å². The molecule has 0 bridgehead atoms. The van der Waals surface area contributed by atoms with Crippen LogP contribution in [0.25, 0.3) is 22.6 Å². The van der Waals surface area contributed by atoms with E-state index in [1.807, 2.05) is 12.1 Å². The van der Waals surface area contributed by atoms with Gasteiger partial charge >= 0.3 is 0 Å². The van der Waals surface area contributed by atoms with Gasteiger partial charge < -0.3 is 26.5 Å². The van der Waals surface area contributed by atoms with Gasteiger partial charge in [0, 0.05) is 39.4 Å². The molecule has 0 aliphatic rings. The summed E-state index contributed by atoms with van der Waals surface area (Å²) in [7, 11) is 0. The smallest absolute Gasteiger partial charge is 0.255 e. The summed E-state index contributed by atoms with van der Waals surface area (Å²) in [5.74, 6) is -0.0451. The number of anilines is 4. The molecule has 35 heavy (non-hydrogen) atoms. The number of fused-ring (bicyclic) bond motifs is 1. The Kier molecular flexibility index (Phi) is 5.60. The molecule has 0 fully saturated rings. The van der Waals surface area contributed by atoms with Gasteiger partial charge in [-0.15, -0.1) is 0 Å². The minimum absolute atomic E-state index is 0.229.